The third kappa shape index (κ3) is 4.48. The summed E-state index contributed by atoms with van der Waals surface area (Å²) in [6.07, 6.45) is 2.77. The Morgan fingerprint density at radius 2 is 2.03 bits per heavy atom. The van der Waals surface area contributed by atoms with Crippen molar-refractivity contribution >= 4 is 45.8 Å². The number of hydrogen-bond donors (Lipinski definition) is 2. The maximum absolute atomic E-state index is 13.2. The highest BCUT2D eigenvalue weighted by Gasteiger charge is 2.31. The smallest absolute Gasteiger partial charge is 0.410 e. The van der Waals surface area contributed by atoms with Crippen LogP contribution in [-0.4, -0.2) is 55.3 Å². The summed E-state index contributed by atoms with van der Waals surface area (Å²) in [6, 6.07) is 8.89. The van der Waals surface area contributed by atoms with Crippen molar-refractivity contribution in [2.45, 2.75) is 45.3 Å². The minimum Gasteiger partial charge on any atom is -0.444 e. The first-order valence-electron chi connectivity index (χ1n) is 11.5. The molecule has 0 spiro atoms. The van der Waals surface area contributed by atoms with Gasteiger partial charge in [0.15, 0.2) is 11.3 Å². The van der Waals surface area contributed by atoms with Crippen LogP contribution in [0.3, 0.4) is 0 Å². The maximum atomic E-state index is 13.2. The van der Waals surface area contributed by atoms with Crippen LogP contribution in [0.5, 0.6) is 0 Å². The number of para-hydroxylation sites is 2. The van der Waals surface area contributed by atoms with Crippen LogP contribution in [0.25, 0.3) is 22.0 Å². The molecule has 1 atom stereocenters. The first-order chi connectivity index (χ1) is 16.7. The molecule has 1 aromatic carbocycles. The first kappa shape index (κ1) is 22.6. The Bertz CT molecular complexity index is 1390. The van der Waals surface area contributed by atoms with Crippen molar-refractivity contribution in [1.29, 1.82) is 0 Å². The lowest BCUT2D eigenvalue weighted by Crippen LogP contribution is -2.43. The number of amides is 2. The molecule has 5 rings (SSSR count). The molecule has 0 unspecified atom stereocenters. The van der Waals surface area contributed by atoms with Gasteiger partial charge in [-0.2, -0.15) is 10.1 Å². The fourth-order valence-corrected chi connectivity index (χ4v) is 4.28. The van der Waals surface area contributed by atoms with E-state index in [0.29, 0.717) is 35.1 Å². The number of anilines is 2. The molecule has 2 amide bonds. The molecular weight excluding hydrogens is 450 g/mol. The van der Waals surface area contributed by atoms with Crippen LogP contribution in [0.4, 0.5) is 16.6 Å². The number of carbonyl (C=O) groups excluding carboxylic acids is 2. The summed E-state index contributed by atoms with van der Waals surface area (Å²) in [7, 11) is 0. The van der Waals surface area contributed by atoms with Crippen molar-refractivity contribution in [2.75, 3.05) is 24.1 Å². The number of fused-ring (bicyclic) bond motifs is 2. The largest absolute Gasteiger partial charge is 0.444 e. The van der Waals surface area contributed by atoms with Gasteiger partial charge in [0.25, 0.3) is 5.91 Å². The molecule has 1 aliphatic heterocycles. The average Bonchev–Trinajstić information content (AvgIpc) is 3.40. The molecule has 1 saturated heterocycles. The van der Waals surface area contributed by atoms with Gasteiger partial charge in [-0.05, 0) is 51.8 Å². The van der Waals surface area contributed by atoms with E-state index in [-0.39, 0.29) is 29.7 Å². The SMILES string of the molecule is CC(C)(C)OC(=O)N1CCC[C@@H](n2nc(C(=O)Nc3nc4ccccc4o3)c3c(N)nccc32)C1. The number of likely N-dealkylation sites (tertiary alicyclic amines) is 1. The lowest BCUT2D eigenvalue weighted by atomic mass is 10.1. The van der Waals surface area contributed by atoms with Gasteiger partial charge in [-0.1, -0.05) is 12.1 Å². The first-order valence-corrected chi connectivity index (χ1v) is 11.5. The van der Waals surface area contributed by atoms with E-state index in [1.54, 1.807) is 34.0 Å². The lowest BCUT2D eigenvalue weighted by molar-refractivity contribution is 0.0169. The van der Waals surface area contributed by atoms with E-state index in [1.807, 2.05) is 32.9 Å². The van der Waals surface area contributed by atoms with Gasteiger partial charge in [0, 0.05) is 19.3 Å². The summed E-state index contributed by atoms with van der Waals surface area (Å²) in [4.78, 5) is 36.0. The van der Waals surface area contributed by atoms with Crippen LogP contribution in [0, 0.1) is 0 Å². The summed E-state index contributed by atoms with van der Waals surface area (Å²) in [5.74, 6) is -0.323. The molecule has 0 radical (unpaired) electrons. The number of nitrogen functional groups attached to an aromatic ring is 1. The van der Waals surface area contributed by atoms with Gasteiger partial charge in [0.05, 0.1) is 16.9 Å². The van der Waals surface area contributed by atoms with E-state index in [4.69, 9.17) is 14.9 Å². The van der Waals surface area contributed by atoms with Crippen molar-refractivity contribution in [3.05, 3.63) is 42.2 Å². The number of benzene rings is 1. The Morgan fingerprint density at radius 1 is 1.23 bits per heavy atom. The zero-order valence-electron chi connectivity index (χ0n) is 19.8. The Hall–Kier alpha value is -4.15. The Kier molecular flexibility index (Phi) is 5.54. The molecular formula is C24H27N7O4. The second-order valence-corrected chi connectivity index (χ2v) is 9.55. The van der Waals surface area contributed by atoms with Crippen molar-refractivity contribution < 1.29 is 18.7 Å². The number of nitrogens with two attached hydrogens (primary N) is 1. The molecule has 4 aromatic rings. The van der Waals surface area contributed by atoms with E-state index in [1.165, 1.54) is 0 Å². The zero-order valence-corrected chi connectivity index (χ0v) is 19.8. The van der Waals surface area contributed by atoms with Crippen LogP contribution in [0.1, 0.15) is 50.1 Å². The lowest BCUT2D eigenvalue weighted by Gasteiger charge is -2.34. The zero-order chi connectivity index (χ0) is 24.7. The van der Waals surface area contributed by atoms with Crippen molar-refractivity contribution in [2.24, 2.45) is 0 Å². The third-order valence-corrected chi connectivity index (χ3v) is 5.77. The van der Waals surface area contributed by atoms with E-state index in [0.717, 1.165) is 12.8 Å². The standard InChI is InChI=1S/C24H27N7O4/c1-24(2,3)35-23(33)30-12-6-7-14(13-30)31-16-10-11-26-20(25)18(16)19(29-31)21(32)28-22-27-15-8-4-5-9-17(15)34-22/h4-5,8-11,14H,6-7,12-13H2,1-3H3,(H2,25,26)(H,27,28,32)/t14-/m1/s1. The topological polar surface area (TPSA) is 141 Å². The number of rotatable bonds is 3. The molecule has 182 valence electrons. The normalized spacial score (nSPS) is 16.5. The van der Waals surface area contributed by atoms with E-state index in [2.05, 4.69) is 20.4 Å². The number of oxazole rings is 1. The van der Waals surface area contributed by atoms with Gasteiger partial charge in [-0.3, -0.25) is 14.8 Å². The monoisotopic (exact) mass is 477 g/mol. The number of nitrogens with one attached hydrogen (secondary N) is 1. The molecule has 11 heteroatoms. The van der Waals surface area contributed by atoms with Crippen LogP contribution in [0.15, 0.2) is 40.9 Å². The molecule has 1 aliphatic rings. The Labute approximate surface area is 201 Å². The summed E-state index contributed by atoms with van der Waals surface area (Å²) < 4.78 is 12.9. The summed E-state index contributed by atoms with van der Waals surface area (Å²) in [5.41, 5.74) is 7.55. The van der Waals surface area contributed by atoms with Gasteiger partial charge >= 0.3 is 12.1 Å². The van der Waals surface area contributed by atoms with Crippen molar-refractivity contribution in [3.63, 3.8) is 0 Å². The van der Waals surface area contributed by atoms with Gasteiger partial charge < -0.3 is 19.8 Å². The van der Waals surface area contributed by atoms with Gasteiger partial charge in [0.2, 0.25) is 0 Å². The van der Waals surface area contributed by atoms with Crippen LogP contribution >= 0.6 is 0 Å². The molecule has 1 fully saturated rings. The summed E-state index contributed by atoms with van der Waals surface area (Å²) >= 11 is 0. The Balaban J connectivity index is 1.45. The molecule has 0 aliphatic carbocycles. The minimum absolute atomic E-state index is 0.0649. The van der Waals surface area contributed by atoms with E-state index in [9.17, 15) is 9.59 Å². The average molecular weight is 478 g/mol. The number of carbonyl (C=O) groups is 2. The second-order valence-electron chi connectivity index (χ2n) is 9.55. The van der Waals surface area contributed by atoms with Gasteiger partial charge in [-0.15, -0.1) is 0 Å². The second kappa shape index (κ2) is 8.57. The fourth-order valence-electron chi connectivity index (χ4n) is 4.28. The highest BCUT2D eigenvalue weighted by molar-refractivity contribution is 6.13. The maximum Gasteiger partial charge on any atom is 0.410 e. The third-order valence-electron chi connectivity index (χ3n) is 5.77. The highest BCUT2D eigenvalue weighted by atomic mass is 16.6. The van der Waals surface area contributed by atoms with Gasteiger partial charge in [-0.25, -0.2) is 9.78 Å². The quantitative estimate of drug-likeness (QED) is 0.451. The number of hydrogen-bond acceptors (Lipinski definition) is 8. The minimum atomic E-state index is -0.585. The van der Waals surface area contributed by atoms with Crippen LogP contribution in [0.2, 0.25) is 0 Å². The summed E-state index contributed by atoms with van der Waals surface area (Å²) in [5, 5.41) is 7.74. The summed E-state index contributed by atoms with van der Waals surface area (Å²) in [6.45, 7) is 6.51. The van der Waals surface area contributed by atoms with Crippen LogP contribution in [-0.2, 0) is 4.74 Å². The van der Waals surface area contributed by atoms with E-state index < -0.39 is 11.5 Å². The van der Waals surface area contributed by atoms with Crippen LogP contribution < -0.4 is 11.1 Å². The number of nitrogens with zero attached hydrogens (tertiary/aromatic N) is 5. The highest BCUT2D eigenvalue weighted by Crippen LogP contribution is 2.31. The predicted octanol–water partition coefficient (Wildman–Crippen LogP) is 3.98. The molecule has 4 heterocycles. The number of piperidine rings is 1. The van der Waals surface area contributed by atoms with Crippen molar-refractivity contribution in [1.82, 2.24) is 24.6 Å². The molecule has 35 heavy (non-hydrogen) atoms. The number of ether oxygens (including phenoxy) is 1. The molecule has 0 saturated carbocycles. The number of aromatic nitrogens is 4. The molecule has 3 aromatic heterocycles. The molecule has 0 bridgehead atoms. The Morgan fingerprint density at radius 3 is 2.80 bits per heavy atom. The van der Waals surface area contributed by atoms with Crippen molar-refractivity contribution in [3.8, 4) is 0 Å². The van der Waals surface area contributed by atoms with E-state index >= 15 is 0 Å². The molecule has 11 nitrogen and oxygen atoms in total. The molecule has 3 N–H and O–H groups in total. The van der Waals surface area contributed by atoms with Gasteiger partial charge in [0.1, 0.15) is 16.9 Å². The predicted molar refractivity (Wildman–Crippen MR) is 130 cm³/mol. The number of pyridine rings is 1. The fraction of sp³-hybridized carbons (Fsp3) is 0.375.